The second kappa shape index (κ2) is 7.51. The highest BCUT2D eigenvalue weighted by atomic mass is 32.1. The smallest absolute Gasteiger partial charge is 0.267 e. The van der Waals surface area contributed by atoms with Crippen LogP contribution in [0.25, 0.3) is 28.9 Å². The third-order valence-corrected chi connectivity index (χ3v) is 4.54. The molecule has 0 aliphatic rings. The Balaban J connectivity index is 1.89. The molecule has 0 N–H and O–H groups in total. The lowest BCUT2D eigenvalue weighted by atomic mass is 10.1. The lowest BCUT2D eigenvalue weighted by Crippen LogP contribution is -2.22. The van der Waals surface area contributed by atoms with Gasteiger partial charge in [-0.1, -0.05) is 18.2 Å². The minimum atomic E-state index is -0.190. The number of nitrogens with zero attached hydrogens (tertiary/aromatic N) is 4. The zero-order valence-electron chi connectivity index (χ0n) is 14.6. The maximum atomic E-state index is 13.1. The van der Waals surface area contributed by atoms with Crippen molar-refractivity contribution >= 4 is 35.8 Å². The van der Waals surface area contributed by atoms with E-state index < -0.39 is 0 Å². The fraction of sp³-hybridized carbons (Fsp3) is 0. The molecule has 2 aromatic heterocycles. The predicted octanol–water partition coefficient (Wildman–Crippen LogP) is 4.11. The molecule has 4 rings (SSSR count). The molecular formula is C22H14N4OS. The Morgan fingerprint density at radius 1 is 1.00 bits per heavy atom. The largest absolute Gasteiger partial charge is 0.268 e. The number of hydrogen-bond donors (Lipinski definition) is 1. The van der Waals surface area contributed by atoms with Gasteiger partial charge in [-0.2, -0.15) is 5.26 Å². The van der Waals surface area contributed by atoms with Gasteiger partial charge in [-0.05, 0) is 60.2 Å². The second-order valence-corrected chi connectivity index (χ2v) is 6.59. The van der Waals surface area contributed by atoms with Gasteiger partial charge in [-0.15, -0.1) is 12.6 Å². The number of nitriles is 1. The molecule has 6 heteroatoms. The zero-order valence-corrected chi connectivity index (χ0v) is 15.5. The van der Waals surface area contributed by atoms with E-state index in [0.717, 1.165) is 10.5 Å². The summed E-state index contributed by atoms with van der Waals surface area (Å²) >= 11 is 4.31. The maximum Gasteiger partial charge on any atom is 0.267 e. The first-order valence-electron chi connectivity index (χ1n) is 8.51. The molecule has 2 aromatic carbocycles. The fourth-order valence-electron chi connectivity index (χ4n) is 2.84. The number of fused-ring (bicyclic) bond motifs is 1. The minimum Gasteiger partial charge on any atom is -0.268 e. The highest BCUT2D eigenvalue weighted by Crippen LogP contribution is 2.16. The Morgan fingerprint density at radius 2 is 1.75 bits per heavy atom. The molecule has 0 fully saturated rings. The monoisotopic (exact) mass is 382 g/mol. The Hall–Kier alpha value is -3.69. The van der Waals surface area contributed by atoms with Gasteiger partial charge in [0.15, 0.2) is 5.65 Å². The van der Waals surface area contributed by atoms with Crippen molar-refractivity contribution in [1.82, 2.24) is 14.5 Å². The van der Waals surface area contributed by atoms with E-state index in [1.807, 2.05) is 42.5 Å². The molecule has 0 amide bonds. The molecule has 5 nitrogen and oxygen atoms in total. The van der Waals surface area contributed by atoms with E-state index >= 15 is 0 Å². The van der Waals surface area contributed by atoms with E-state index in [0.29, 0.717) is 28.1 Å². The quantitative estimate of drug-likeness (QED) is 0.541. The molecule has 2 heterocycles. The number of pyridine rings is 1. The Kier molecular flexibility index (Phi) is 4.75. The van der Waals surface area contributed by atoms with Crippen LogP contribution in [0.15, 0.2) is 76.6 Å². The van der Waals surface area contributed by atoms with Crippen LogP contribution in [-0.2, 0) is 0 Å². The van der Waals surface area contributed by atoms with Gasteiger partial charge in [0.2, 0.25) is 0 Å². The molecule has 28 heavy (non-hydrogen) atoms. The second-order valence-electron chi connectivity index (χ2n) is 6.07. The van der Waals surface area contributed by atoms with Crippen LogP contribution in [0.2, 0.25) is 0 Å². The van der Waals surface area contributed by atoms with Crippen molar-refractivity contribution in [2.24, 2.45) is 0 Å². The number of rotatable bonds is 3. The standard InChI is InChI=1S/C22H14N4OS/c23-14-16-5-3-15(4-6-16)7-12-20-25-21-19(2-1-13-24-21)22(27)26(20)17-8-10-18(28)11-9-17/h1-13,28H/b12-7+. The van der Waals surface area contributed by atoms with Crippen molar-refractivity contribution in [3.05, 3.63) is 94.2 Å². The molecule has 134 valence electrons. The van der Waals surface area contributed by atoms with Crippen LogP contribution in [0.5, 0.6) is 0 Å². The molecule has 0 bridgehead atoms. The van der Waals surface area contributed by atoms with Crippen LogP contribution < -0.4 is 5.56 Å². The van der Waals surface area contributed by atoms with Crippen molar-refractivity contribution in [2.45, 2.75) is 4.90 Å². The van der Waals surface area contributed by atoms with E-state index in [9.17, 15) is 4.79 Å². The third kappa shape index (κ3) is 3.43. The van der Waals surface area contributed by atoms with Gasteiger partial charge >= 0.3 is 0 Å². The summed E-state index contributed by atoms with van der Waals surface area (Å²) in [6.45, 7) is 0. The minimum absolute atomic E-state index is 0.190. The molecule has 0 unspecified atom stereocenters. The van der Waals surface area contributed by atoms with Crippen LogP contribution in [0.3, 0.4) is 0 Å². The molecule has 0 radical (unpaired) electrons. The van der Waals surface area contributed by atoms with Gasteiger partial charge in [0.1, 0.15) is 5.82 Å². The summed E-state index contributed by atoms with van der Waals surface area (Å²) in [5, 5.41) is 9.37. The molecular weight excluding hydrogens is 368 g/mol. The first kappa shape index (κ1) is 17.7. The Labute approximate surface area is 166 Å². The van der Waals surface area contributed by atoms with Crippen molar-refractivity contribution in [3.8, 4) is 11.8 Å². The summed E-state index contributed by atoms with van der Waals surface area (Å²) in [7, 11) is 0. The van der Waals surface area contributed by atoms with Gasteiger partial charge in [0.25, 0.3) is 5.56 Å². The summed E-state index contributed by atoms with van der Waals surface area (Å²) in [5.41, 5.74) is 2.39. The zero-order chi connectivity index (χ0) is 19.5. The molecule has 0 saturated carbocycles. The van der Waals surface area contributed by atoms with Crippen molar-refractivity contribution in [2.75, 3.05) is 0 Å². The lowest BCUT2D eigenvalue weighted by molar-refractivity contribution is 0.935. The number of hydrogen-bond acceptors (Lipinski definition) is 5. The third-order valence-electron chi connectivity index (χ3n) is 4.24. The highest BCUT2D eigenvalue weighted by Gasteiger charge is 2.11. The maximum absolute atomic E-state index is 13.1. The first-order chi connectivity index (χ1) is 13.7. The summed E-state index contributed by atoms with van der Waals surface area (Å²) in [4.78, 5) is 22.7. The average Bonchev–Trinajstić information content (AvgIpc) is 2.74. The Morgan fingerprint density at radius 3 is 2.46 bits per heavy atom. The molecule has 0 aliphatic carbocycles. The highest BCUT2D eigenvalue weighted by molar-refractivity contribution is 7.80. The number of benzene rings is 2. The number of aromatic nitrogens is 3. The van der Waals surface area contributed by atoms with E-state index in [-0.39, 0.29) is 5.56 Å². The van der Waals surface area contributed by atoms with Gasteiger partial charge in [-0.25, -0.2) is 9.97 Å². The van der Waals surface area contributed by atoms with Crippen LogP contribution in [-0.4, -0.2) is 14.5 Å². The van der Waals surface area contributed by atoms with Gasteiger partial charge in [0, 0.05) is 11.1 Å². The first-order valence-corrected chi connectivity index (χ1v) is 8.96. The van der Waals surface area contributed by atoms with E-state index in [2.05, 4.69) is 28.7 Å². The fourth-order valence-corrected chi connectivity index (χ4v) is 2.99. The average molecular weight is 382 g/mol. The predicted molar refractivity (Wildman–Crippen MR) is 112 cm³/mol. The van der Waals surface area contributed by atoms with E-state index in [1.165, 1.54) is 0 Å². The molecule has 0 aliphatic heterocycles. The van der Waals surface area contributed by atoms with E-state index in [4.69, 9.17) is 5.26 Å². The molecule has 0 saturated heterocycles. The summed E-state index contributed by atoms with van der Waals surface area (Å²) in [6.07, 6.45) is 5.23. The summed E-state index contributed by atoms with van der Waals surface area (Å²) in [6, 6.07) is 20.0. The van der Waals surface area contributed by atoms with Crippen LogP contribution >= 0.6 is 12.6 Å². The SMILES string of the molecule is N#Cc1ccc(/C=C/c2nc3ncccc3c(=O)n2-c2ccc(S)cc2)cc1. The van der Waals surface area contributed by atoms with Gasteiger partial charge in [-0.3, -0.25) is 9.36 Å². The molecule has 0 atom stereocenters. The van der Waals surface area contributed by atoms with Crippen LogP contribution in [0, 0.1) is 11.3 Å². The summed E-state index contributed by atoms with van der Waals surface area (Å²) < 4.78 is 1.55. The van der Waals surface area contributed by atoms with Crippen molar-refractivity contribution in [3.63, 3.8) is 0 Å². The Bertz CT molecular complexity index is 1280. The van der Waals surface area contributed by atoms with Gasteiger partial charge < -0.3 is 0 Å². The molecule has 0 spiro atoms. The summed E-state index contributed by atoms with van der Waals surface area (Å²) in [5.74, 6) is 0.465. The topological polar surface area (TPSA) is 71.6 Å². The molecule has 4 aromatic rings. The number of thiol groups is 1. The normalized spacial score (nSPS) is 11.0. The lowest BCUT2D eigenvalue weighted by Gasteiger charge is -2.11. The van der Waals surface area contributed by atoms with Crippen LogP contribution in [0.4, 0.5) is 0 Å². The van der Waals surface area contributed by atoms with Crippen molar-refractivity contribution in [1.29, 1.82) is 5.26 Å². The van der Waals surface area contributed by atoms with E-state index in [1.54, 1.807) is 41.1 Å². The van der Waals surface area contributed by atoms with Crippen LogP contribution in [0.1, 0.15) is 17.0 Å². The van der Waals surface area contributed by atoms with Crippen molar-refractivity contribution < 1.29 is 0 Å². The van der Waals surface area contributed by atoms with Gasteiger partial charge in [0.05, 0.1) is 22.7 Å².